The number of anilines is 2. The number of nitrogens with one attached hydrogen (secondary N) is 3. The number of para-hydroxylation sites is 1. The number of amides is 2. The highest BCUT2D eigenvalue weighted by molar-refractivity contribution is 9.10. The van der Waals surface area contributed by atoms with Crippen LogP contribution in [0.15, 0.2) is 46.0 Å². The summed E-state index contributed by atoms with van der Waals surface area (Å²) < 4.78 is 0.877. The second-order valence-electron chi connectivity index (χ2n) is 6.61. The van der Waals surface area contributed by atoms with Crippen molar-refractivity contribution in [1.29, 1.82) is 0 Å². The van der Waals surface area contributed by atoms with Gasteiger partial charge >= 0.3 is 11.8 Å². The van der Waals surface area contributed by atoms with Crippen LogP contribution in [0, 0.1) is 13.8 Å². The maximum Gasteiger partial charge on any atom is 0.329 e. The average molecular weight is 445 g/mol. The van der Waals surface area contributed by atoms with Crippen LogP contribution in [0.1, 0.15) is 37.0 Å². The van der Waals surface area contributed by atoms with Gasteiger partial charge in [0, 0.05) is 27.5 Å². The summed E-state index contributed by atoms with van der Waals surface area (Å²) in [4.78, 5) is 23.6. The average Bonchev–Trinajstić information content (AvgIpc) is 2.66. The molecule has 2 amide bonds. The van der Waals surface area contributed by atoms with Gasteiger partial charge in [0.15, 0.2) is 0 Å². The number of carbonyl (C=O) groups is 2. The lowest BCUT2D eigenvalue weighted by Crippen LogP contribution is -2.41. The van der Waals surface area contributed by atoms with Gasteiger partial charge in [0.25, 0.3) is 0 Å². The Morgan fingerprint density at radius 1 is 1.14 bits per heavy atom. The van der Waals surface area contributed by atoms with Crippen molar-refractivity contribution >= 4 is 45.3 Å². The molecule has 148 valence electrons. The lowest BCUT2D eigenvalue weighted by molar-refractivity contribution is -0.139. The van der Waals surface area contributed by atoms with E-state index in [1.807, 2.05) is 64.1 Å². The summed E-state index contributed by atoms with van der Waals surface area (Å²) in [6.45, 7) is 7.84. The number of benzene rings is 2. The van der Waals surface area contributed by atoms with Crippen molar-refractivity contribution in [3.05, 3.63) is 57.6 Å². The minimum atomic E-state index is -0.796. The molecule has 0 bridgehead atoms. The molecule has 3 N–H and O–H groups in total. The fourth-order valence-corrected chi connectivity index (χ4v) is 2.88. The molecule has 0 heterocycles. The van der Waals surface area contributed by atoms with E-state index < -0.39 is 11.8 Å². The van der Waals surface area contributed by atoms with Gasteiger partial charge in [-0.1, -0.05) is 41.1 Å². The summed E-state index contributed by atoms with van der Waals surface area (Å²) in [6.07, 6.45) is 2.25. The van der Waals surface area contributed by atoms with Gasteiger partial charge in [0.2, 0.25) is 0 Å². The van der Waals surface area contributed by atoms with Crippen LogP contribution >= 0.6 is 15.9 Å². The van der Waals surface area contributed by atoms with Gasteiger partial charge < -0.3 is 10.6 Å². The fourth-order valence-electron chi connectivity index (χ4n) is 2.50. The highest BCUT2D eigenvalue weighted by Crippen LogP contribution is 2.27. The van der Waals surface area contributed by atoms with Gasteiger partial charge in [-0.25, -0.2) is 5.43 Å². The zero-order valence-electron chi connectivity index (χ0n) is 16.5. The number of hydrogen-bond donors (Lipinski definition) is 3. The van der Waals surface area contributed by atoms with E-state index >= 15 is 0 Å². The highest BCUT2D eigenvalue weighted by Gasteiger charge is 2.14. The Labute approximate surface area is 173 Å². The summed E-state index contributed by atoms with van der Waals surface area (Å²) >= 11 is 3.45. The van der Waals surface area contributed by atoms with Crippen LogP contribution in [0.25, 0.3) is 0 Å². The molecule has 0 aliphatic heterocycles. The van der Waals surface area contributed by atoms with Crippen molar-refractivity contribution in [2.45, 2.75) is 40.2 Å². The van der Waals surface area contributed by atoms with Gasteiger partial charge in [-0.2, -0.15) is 5.10 Å². The lowest BCUT2D eigenvalue weighted by Gasteiger charge is -2.15. The van der Waals surface area contributed by atoms with Crippen LogP contribution in [-0.4, -0.2) is 24.1 Å². The molecule has 1 atom stereocenters. The molecule has 2 aromatic rings. The third kappa shape index (κ3) is 5.92. The number of aryl methyl sites for hydroxylation is 2. The Balaban J connectivity index is 2.15. The van der Waals surface area contributed by atoms with Crippen molar-refractivity contribution in [3.8, 4) is 0 Å². The number of hydrazone groups is 1. The molecule has 28 heavy (non-hydrogen) atoms. The minimum absolute atomic E-state index is 0.0690. The van der Waals surface area contributed by atoms with Crippen molar-refractivity contribution in [2.75, 3.05) is 5.32 Å². The van der Waals surface area contributed by atoms with Crippen LogP contribution in [0.4, 0.5) is 11.4 Å². The molecule has 0 fully saturated rings. The van der Waals surface area contributed by atoms with E-state index in [0.29, 0.717) is 0 Å². The zero-order valence-corrected chi connectivity index (χ0v) is 18.1. The number of hydrogen-bond acceptors (Lipinski definition) is 4. The van der Waals surface area contributed by atoms with Crippen molar-refractivity contribution in [2.24, 2.45) is 5.10 Å². The molecule has 0 saturated heterocycles. The van der Waals surface area contributed by atoms with Gasteiger partial charge in [-0.05, 0) is 56.5 Å². The van der Waals surface area contributed by atoms with Crippen molar-refractivity contribution in [3.63, 3.8) is 0 Å². The molecular formula is C21H25BrN4O2. The molecule has 2 rings (SSSR count). The Morgan fingerprint density at radius 2 is 1.82 bits per heavy atom. The Morgan fingerprint density at radius 3 is 2.46 bits per heavy atom. The molecule has 0 radical (unpaired) electrons. The smallest absolute Gasteiger partial charge is 0.329 e. The van der Waals surface area contributed by atoms with Gasteiger partial charge in [-0.3, -0.25) is 9.59 Å². The van der Waals surface area contributed by atoms with E-state index in [0.717, 1.165) is 39.0 Å². The van der Waals surface area contributed by atoms with E-state index in [1.165, 1.54) is 6.21 Å². The van der Waals surface area contributed by atoms with Crippen LogP contribution < -0.4 is 16.1 Å². The predicted molar refractivity (Wildman–Crippen MR) is 117 cm³/mol. The second-order valence-corrected chi connectivity index (χ2v) is 7.52. The third-order valence-corrected chi connectivity index (χ3v) is 4.81. The maximum absolute atomic E-state index is 11.9. The topological polar surface area (TPSA) is 82.6 Å². The molecule has 0 aromatic heterocycles. The van der Waals surface area contributed by atoms with Gasteiger partial charge in [0.05, 0.1) is 6.21 Å². The number of carbonyl (C=O) groups excluding carboxylic acids is 2. The summed E-state index contributed by atoms with van der Waals surface area (Å²) in [5.41, 5.74) is 7.14. The Hall–Kier alpha value is -2.67. The second kappa shape index (κ2) is 10.0. The van der Waals surface area contributed by atoms with Crippen LogP contribution in [0.3, 0.4) is 0 Å². The molecule has 2 aromatic carbocycles. The maximum atomic E-state index is 11.9. The van der Waals surface area contributed by atoms with Gasteiger partial charge in [0.1, 0.15) is 0 Å². The van der Waals surface area contributed by atoms with E-state index in [4.69, 9.17) is 0 Å². The largest absolute Gasteiger partial charge is 0.355 e. The lowest BCUT2D eigenvalue weighted by atomic mass is 10.1. The van der Waals surface area contributed by atoms with Crippen molar-refractivity contribution < 1.29 is 9.59 Å². The molecule has 7 heteroatoms. The molecule has 0 spiro atoms. The minimum Gasteiger partial charge on any atom is -0.355 e. The van der Waals surface area contributed by atoms with Crippen LogP contribution in [0.5, 0.6) is 0 Å². The quantitative estimate of drug-likeness (QED) is 0.355. The predicted octanol–water partition coefficient (Wildman–Crippen LogP) is 4.17. The number of nitrogens with zero attached hydrogens (tertiary/aromatic N) is 1. The van der Waals surface area contributed by atoms with E-state index in [2.05, 4.69) is 37.1 Å². The zero-order chi connectivity index (χ0) is 20.7. The summed E-state index contributed by atoms with van der Waals surface area (Å²) in [5.74, 6) is -1.49. The highest BCUT2D eigenvalue weighted by atomic mass is 79.9. The first-order valence-electron chi connectivity index (χ1n) is 9.08. The first kappa shape index (κ1) is 21.6. The third-order valence-electron chi connectivity index (χ3n) is 4.32. The Kier molecular flexibility index (Phi) is 7.75. The monoisotopic (exact) mass is 444 g/mol. The van der Waals surface area contributed by atoms with E-state index in [1.54, 1.807) is 0 Å². The van der Waals surface area contributed by atoms with Gasteiger partial charge in [-0.15, -0.1) is 0 Å². The standard InChI is InChI=1S/C21H25BrN4O2/c1-5-15(4)24-20(27)21(28)26-23-12-16-11-17(22)9-10-18(16)25-19-13(2)7-6-8-14(19)3/h6-12,15,25H,5H2,1-4H3,(H,24,27)(H,26,28)/b23-12-/t15-/m1/s1. The van der Waals surface area contributed by atoms with E-state index in [9.17, 15) is 9.59 Å². The van der Waals surface area contributed by atoms with Crippen LogP contribution in [0.2, 0.25) is 0 Å². The SMILES string of the molecule is CC[C@@H](C)NC(=O)C(=O)N/N=C\c1cc(Br)ccc1Nc1c(C)cccc1C. The molecule has 0 unspecified atom stereocenters. The van der Waals surface area contributed by atoms with Crippen LogP contribution in [-0.2, 0) is 9.59 Å². The number of halogens is 1. The molecular weight excluding hydrogens is 420 g/mol. The molecule has 6 nitrogen and oxygen atoms in total. The normalized spacial score (nSPS) is 11.9. The van der Waals surface area contributed by atoms with Crippen molar-refractivity contribution in [1.82, 2.24) is 10.7 Å². The van der Waals surface area contributed by atoms with E-state index in [-0.39, 0.29) is 6.04 Å². The summed E-state index contributed by atoms with van der Waals surface area (Å²) in [6, 6.07) is 11.8. The molecule has 0 aliphatic rings. The molecule has 0 saturated carbocycles. The summed E-state index contributed by atoms with van der Waals surface area (Å²) in [5, 5.41) is 9.96. The summed E-state index contributed by atoms with van der Waals surface area (Å²) in [7, 11) is 0. The fraction of sp³-hybridized carbons (Fsp3) is 0.286. The number of rotatable bonds is 6. The first-order chi connectivity index (χ1) is 13.3. The Bertz CT molecular complexity index is 876. The molecule has 0 aliphatic carbocycles. The first-order valence-corrected chi connectivity index (χ1v) is 9.87.